The van der Waals surface area contributed by atoms with E-state index in [1.165, 1.54) is 11.1 Å². The number of ether oxygens (including phenoxy) is 1. The summed E-state index contributed by atoms with van der Waals surface area (Å²) in [5.74, 6) is 0. The van der Waals surface area contributed by atoms with E-state index in [9.17, 15) is 5.11 Å². The van der Waals surface area contributed by atoms with Crippen LogP contribution in [0.4, 0.5) is 0 Å². The first kappa shape index (κ1) is 16.5. The van der Waals surface area contributed by atoms with Crippen LogP contribution in [0.2, 0.25) is 0 Å². The van der Waals surface area contributed by atoms with Crippen LogP contribution in [0.3, 0.4) is 0 Å². The average molecular weight is 291 g/mol. The second-order valence-corrected chi connectivity index (χ2v) is 6.77. The Balaban J connectivity index is 1.84. The molecule has 1 aromatic rings. The summed E-state index contributed by atoms with van der Waals surface area (Å²) < 4.78 is 5.71. The molecule has 1 aliphatic rings. The summed E-state index contributed by atoms with van der Waals surface area (Å²) in [6.45, 7) is 9.83. The zero-order chi connectivity index (χ0) is 15.3. The van der Waals surface area contributed by atoms with Crippen LogP contribution in [0.15, 0.2) is 24.3 Å². The molecule has 1 unspecified atom stereocenters. The third-order valence-corrected chi connectivity index (χ3v) is 4.13. The molecule has 0 aromatic heterocycles. The van der Waals surface area contributed by atoms with Crippen molar-refractivity contribution < 1.29 is 9.84 Å². The number of hydrogen-bond acceptors (Lipinski definition) is 3. The number of morpholine rings is 1. The van der Waals surface area contributed by atoms with E-state index in [4.69, 9.17) is 4.74 Å². The van der Waals surface area contributed by atoms with Gasteiger partial charge in [0.25, 0.3) is 0 Å². The Morgan fingerprint density at radius 3 is 2.52 bits per heavy atom. The second kappa shape index (κ2) is 7.39. The highest BCUT2D eigenvalue weighted by Gasteiger charge is 2.18. The molecule has 3 heteroatoms. The summed E-state index contributed by atoms with van der Waals surface area (Å²) >= 11 is 0. The average Bonchev–Trinajstić information content (AvgIpc) is 2.46. The molecule has 2 rings (SSSR count). The normalized spacial score (nSPS) is 20.7. The van der Waals surface area contributed by atoms with E-state index in [0.29, 0.717) is 6.10 Å². The van der Waals surface area contributed by atoms with Gasteiger partial charge in [-0.3, -0.25) is 4.90 Å². The number of hydrogen-bond donors (Lipinski definition) is 1. The van der Waals surface area contributed by atoms with Crippen LogP contribution in [0.25, 0.3) is 0 Å². The lowest BCUT2D eigenvalue weighted by Crippen LogP contribution is -2.41. The van der Waals surface area contributed by atoms with Crippen molar-refractivity contribution in [2.45, 2.75) is 58.3 Å². The fourth-order valence-electron chi connectivity index (χ4n) is 2.69. The van der Waals surface area contributed by atoms with Crippen molar-refractivity contribution in [2.24, 2.45) is 0 Å². The Morgan fingerprint density at radius 2 is 1.90 bits per heavy atom. The van der Waals surface area contributed by atoms with Gasteiger partial charge in [0, 0.05) is 19.6 Å². The first-order valence-electron chi connectivity index (χ1n) is 8.10. The van der Waals surface area contributed by atoms with Crippen molar-refractivity contribution in [3.8, 4) is 0 Å². The fourth-order valence-corrected chi connectivity index (χ4v) is 2.69. The molecule has 0 amide bonds. The van der Waals surface area contributed by atoms with Gasteiger partial charge in [-0.15, -0.1) is 0 Å². The molecule has 0 saturated carbocycles. The van der Waals surface area contributed by atoms with E-state index in [1.807, 2.05) is 13.8 Å². The van der Waals surface area contributed by atoms with Crippen molar-refractivity contribution >= 4 is 0 Å². The largest absolute Gasteiger partial charge is 0.390 e. The summed E-state index contributed by atoms with van der Waals surface area (Å²) in [6.07, 6.45) is 3.21. The van der Waals surface area contributed by atoms with Crippen LogP contribution in [-0.2, 0) is 17.7 Å². The van der Waals surface area contributed by atoms with Gasteiger partial charge in [0.2, 0.25) is 0 Å². The van der Waals surface area contributed by atoms with Crippen LogP contribution >= 0.6 is 0 Å². The van der Waals surface area contributed by atoms with E-state index in [1.54, 1.807) is 0 Å². The Kier molecular flexibility index (Phi) is 5.80. The van der Waals surface area contributed by atoms with E-state index >= 15 is 0 Å². The molecule has 118 valence electrons. The van der Waals surface area contributed by atoms with E-state index in [0.717, 1.165) is 45.5 Å². The van der Waals surface area contributed by atoms with Gasteiger partial charge >= 0.3 is 0 Å². The predicted molar refractivity (Wildman–Crippen MR) is 86.4 cm³/mol. The monoisotopic (exact) mass is 291 g/mol. The highest BCUT2D eigenvalue weighted by atomic mass is 16.5. The molecule has 3 nitrogen and oxygen atoms in total. The topological polar surface area (TPSA) is 32.7 Å². The lowest BCUT2D eigenvalue weighted by Gasteiger charge is -2.32. The number of nitrogens with zero attached hydrogens (tertiary/aromatic N) is 1. The van der Waals surface area contributed by atoms with E-state index in [2.05, 4.69) is 36.1 Å². The van der Waals surface area contributed by atoms with Crippen molar-refractivity contribution in [1.82, 2.24) is 4.90 Å². The Morgan fingerprint density at radius 1 is 1.24 bits per heavy atom. The van der Waals surface area contributed by atoms with Crippen LogP contribution in [0.5, 0.6) is 0 Å². The molecule has 0 aliphatic carbocycles. The molecule has 1 atom stereocenters. The second-order valence-electron chi connectivity index (χ2n) is 6.77. The molecule has 1 saturated heterocycles. The zero-order valence-corrected chi connectivity index (χ0v) is 13.6. The lowest BCUT2D eigenvalue weighted by molar-refractivity contribution is -0.0324. The van der Waals surface area contributed by atoms with Gasteiger partial charge in [0.1, 0.15) is 0 Å². The van der Waals surface area contributed by atoms with Gasteiger partial charge in [-0.1, -0.05) is 31.2 Å². The van der Waals surface area contributed by atoms with Crippen molar-refractivity contribution in [3.05, 3.63) is 35.4 Å². The first-order chi connectivity index (χ1) is 9.96. The zero-order valence-electron chi connectivity index (χ0n) is 13.6. The summed E-state index contributed by atoms with van der Waals surface area (Å²) in [5, 5.41) is 9.78. The molecular weight excluding hydrogens is 262 g/mol. The first-order valence-corrected chi connectivity index (χ1v) is 8.10. The quantitative estimate of drug-likeness (QED) is 0.874. The predicted octanol–water partition coefficient (Wildman–Crippen LogP) is 3.00. The Labute approximate surface area is 128 Å². The third kappa shape index (κ3) is 5.77. The van der Waals surface area contributed by atoms with Gasteiger partial charge in [-0.05, 0) is 44.2 Å². The third-order valence-electron chi connectivity index (χ3n) is 4.13. The summed E-state index contributed by atoms with van der Waals surface area (Å²) in [4.78, 5) is 2.48. The molecular formula is C18H29NO2. The Hall–Kier alpha value is -0.900. The van der Waals surface area contributed by atoms with Crippen LogP contribution < -0.4 is 0 Å². The van der Waals surface area contributed by atoms with Crippen molar-refractivity contribution in [2.75, 3.05) is 19.7 Å². The maximum atomic E-state index is 9.78. The number of rotatable bonds is 6. The maximum Gasteiger partial charge on any atom is 0.0700 e. The van der Waals surface area contributed by atoms with Crippen LogP contribution in [0, 0.1) is 0 Å². The summed E-state index contributed by atoms with van der Waals surface area (Å²) in [5.41, 5.74) is 2.08. The standard InChI is InChI=1S/C18H29NO2/c1-4-17-14-19(11-12-21-17)13-16-7-5-15(6-8-16)9-10-18(2,3)20/h5-8,17,20H,4,9-14H2,1-3H3. The van der Waals surface area contributed by atoms with E-state index < -0.39 is 5.60 Å². The van der Waals surface area contributed by atoms with Gasteiger partial charge in [0.05, 0.1) is 18.3 Å². The molecule has 1 aromatic carbocycles. The SMILES string of the molecule is CCC1CN(Cc2ccc(CCC(C)(C)O)cc2)CCO1. The maximum absolute atomic E-state index is 9.78. The molecule has 1 heterocycles. The number of benzene rings is 1. The van der Waals surface area contributed by atoms with Crippen LogP contribution in [-0.4, -0.2) is 41.4 Å². The highest BCUT2D eigenvalue weighted by Crippen LogP contribution is 2.16. The Bertz CT molecular complexity index is 422. The fraction of sp³-hybridized carbons (Fsp3) is 0.667. The molecule has 1 aliphatic heterocycles. The van der Waals surface area contributed by atoms with Gasteiger partial charge < -0.3 is 9.84 Å². The lowest BCUT2D eigenvalue weighted by atomic mass is 9.98. The highest BCUT2D eigenvalue weighted by molar-refractivity contribution is 5.22. The minimum Gasteiger partial charge on any atom is -0.390 e. The summed E-state index contributed by atoms with van der Waals surface area (Å²) in [6, 6.07) is 8.82. The van der Waals surface area contributed by atoms with E-state index in [-0.39, 0.29) is 0 Å². The number of aliphatic hydroxyl groups is 1. The minimum absolute atomic E-state index is 0.393. The molecule has 0 bridgehead atoms. The van der Waals surface area contributed by atoms with Crippen molar-refractivity contribution in [3.63, 3.8) is 0 Å². The molecule has 1 N–H and O–H groups in total. The minimum atomic E-state index is -0.582. The molecule has 1 fully saturated rings. The van der Waals surface area contributed by atoms with Gasteiger partial charge in [-0.2, -0.15) is 0 Å². The van der Waals surface area contributed by atoms with Gasteiger partial charge in [-0.25, -0.2) is 0 Å². The van der Waals surface area contributed by atoms with Crippen molar-refractivity contribution in [1.29, 1.82) is 0 Å². The smallest absolute Gasteiger partial charge is 0.0700 e. The van der Waals surface area contributed by atoms with Crippen LogP contribution in [0.1, 0.15) is 44.7 Å². The molecule has 0 spiro atoms. The summed E-state index contributed by atoms with van der Waals surface area (Å²) in [7, 11) is 0. The van der Waals surface area contributed by atoms with Gasteiger partial charge in [0.15, 0.2) is 0 Å². The molecule has 21 heavy (non-hydrogen) atoms. The number of aryl methyl sites for hydroxylation is 1. The molecule has 0 radical (unpaired) electrons.